The third kappa shape index (κ3) is 4.36. The lowest BCUT2D eigenvalue weighted by Gasteiger charge is -2.17. The summed E-state index contributed by atoms with van der Waals surface area (Å²) in [6, 6.07) is 15.9. The molecule has 0 unspecified atom stereocenters. The van der Waals surface area contributed by atoms with Gasteiger partial charge in [0.25, 0.3) is 0 Å². The van der Waals surface area contributed by atoms with Gasteiger partial charge in [0, 0.05) is 26.4 Å². The Kier molecular flexibility index (Phi) is 5.46. The second-order valence-corrected chi connectivity index (χ2v) is 6.12. The minimum Gasteiger partial charge on any atom is -0.461 e. The summed E-state index contributed by atoms with van der Waals surface area (Å²) in [5.41, 5.74) is 1.26. The van der Waals surface area contributed by atoms with Crippen molar-refractivity contribution in [2.45, 2.75) is 19.4 Å². The number of hydrogen-bond donors (Lipinski definition) is 0. The van der Waals surface area contributed by atoms with E-state index in [-0.39, 0.29) is 24.0 Å². The molecule has 5 heteroatoms. The van der Waals surface area contributed by atoms with Crippen LogP contribution in [0.1, 0.15) is 17.7 Å². The van der Waals surface area contributed by atoms with Gasteiger partial charge in [0.05, 0.1) is 5.56 Å². The van der Waals surface area contributed by atoms with Gasteiger partial charge in [-0.15, -0.1) is 0 Å². The second-order valence-electron chi connectivity index (χ2n) is 6.12. The number of carbonyl (C=O) groups excluding carboxylic acids is 1. The number of nitrogens with zero attached hydrogens (tertiary/aromatic N) is 1. The molecule has 0 aliphatic carbocycles. The maximum Gasteiger partial charge on any atom is 0.223 e. The van der Waals surface area contributed by atoms with E-state index in [0.717, 1.165) is 5.56 Å². The first-order valence-corrected chi connectivity index (χ1v) is 8.35. The average Bonchev–Trinajstić information content (AvgIpc) is 3.10. The predicted molar refractivity (Wildman–Crippen MR) is 95.3 cm³/mol. The summed E-state index contributed by atoms with van der Waals surface area (Å²) in [6.07, 6.45) is 0.711. The van der Waals surface area contributed by atoms with Crippen molar-refractivity contribution in [2.24, 2.45) is 0 Å². The van der Waals surface area contributed by atoms with Gasteiger partial charge in [0.1, 0.15) is 23.2 Å². The van der Waals surface area contributed by atoms with Crippen molar-refractivity contribution in [2.75, 3.05) is 7.05 Å². The highest BCUT2D eigenvalue weighted by molar-refractivity contribution is 5.76. The smallest absolute Gasteiger partial charge is 0.223 e. The van der Waals surface area contributed by atoms with Crippen molar-refractivity contribution < 1.29 is 18.0 Å². The molecule has 1 amide bonds. The summed E-state index contributed by atoms with van der Waals surface area (Å²) in [5.74, 6) is 0.393. The molecule has 0 spiro atoms. The summed E-state index contributed by atoms with van der Waals surface area (Å²) >= 11 is 0. The molecule has 0 atom stereocenters. The lowest BCUT2D eigenvalue weighted by molar-refractivity contribution is -0.130. The summed E-state index contributed by atoms with van der Waals surface area (Å²) < 4.78 is 32.4. The van der Waals surface area contributed by atoms with Gasteiger partial charge in [-0.1, -0.05) is 24.3 Å². The van der Waals surface area contributed by atoms with E-state index in [1.165, 1.54) is 18.2 Å². The highest BCUT2D eigenvalue weighted by Gasteiger charge is 2.13. The number of halogens is 2. The molecule has 0 radical (unpaired) electrons. The standard InChI is InChI=1S/C21H19F2NO2/c1-24(14-15-6-8-16(22)9-7-15)21(25)13-11-17-10-12-20(26-17)18-4-2-3-5-19(18)23/h2-10,12H,11,13-14H2,1H3. The normalized spacial score (nSPS) is 10.7. The van der Waals surface area contributed by atoms with Gasteiger partial charge in [-0.3, -0.25) is 4.79 Å². The first kappa shape index (κ1) is 17.9. The summed E-state index contributed by atoms with van der Waals surface area (Å²) in [7, 11) is 1.71. The lowest BCUT2D eigenvalue weighted by Crippen LogP contribution is -2.26. The van der Waals surface area contributed by atoms with Crippen LogP contribution < -0.4 is 0 Å². The topological polar surface area (TPSA) is 33.5 Å². The Labute approximate surface area is 150 Å². The average molecular weight is 355 g/mol. The molecule has 0 saturated carbocycles. The zero-order valence-corrected chi connectivity index (χ0v) is 14.4. The van der Waals surface area contributed by atoms with Crippen LogP contribution in [0.5, 0.6) is 0 Å². The van der Waals surface area contributed by atoms with Crippen LogP contribution in [0.2, 0.25) is 0 Å². The first-order chi connectivity index (χ1) is 12.5. The third-order valence-corrected chi connectivity index (χ3v) is 4.14. The number of rotatable bonds is 6. The van der Waals surface area contributed by atoms with Crippen LogP contribution in [0.25, 0.3) is 11.3 Å². The molecular formula is C21H19F2NO2. The van der Waals surface area contributed by atoms with Crippen molar-refractivity contribution in [3.05, 3.63) is 83.6 Å². The minimum atomic E-state index is -0.344. The largest absolute Gasteiger partial charge is 0.461 e. The number of amides is 1. The minimum absolute atomic E-state index is 0.0434. The van der Waals surface area contributed by atoms with E-state index in [0.29, 0.717) is 30.0 Å². The van der Waals surface area contributed by atoms with Crippen molar-refractivity contribution in [3.8, 4) is 11.3 Å². The van der Waals surface area contributed by atoms with Gasteiger partial charge >= 0.3 is 0 Å². The Morgan fingerprint density at radius 1 is 1.00 bits per heavy atom. The fourth-order valence-corrected chi connectivity index (χ4v) is 2.69. The highest BCUT2D eigenvalue weighted by Crippen LogP contribution is 2.25. The molecule has 0 aliphatic heterocycles. The Balaban J connectivity index is 1.56. The van der Waals surface area contributed by atoms with Gasteiger partial charge in [-0.05, 0) is 42.0 Å². The first-order valence-electron chi connectivity index (χ1n) is 8.35. The van der Waals surface area contributed by atoms with E-state index in [1.54, 1.807) is 54.4 Å². The maximum absolute atomic E-state index is 13.8. The van der Waals surface area contributed by atoms with Crippen LogP contribution in [-0.4, -0.2) is 17.9 Å². The van der Waals surface area contributed by atoms with Crippen molar-refractivity contribution >= 4 is 5.91 Å². The number of furan rings is 1. The summed E-state index contributed by atoms with van der Waals surface area (Å²) in [5, 5.41) is 0. The second kappa shape index (κ2) is 7.95. The Morgan fingerprint density at radius 2 is 1.73 bits per heavy atom. The van der Waals surface area contributed by atoms with E-state index in [4.69, 9.17) is 4.42 Å². The molecule has 0 aliphatic rings. The van der Waals surface area contributed by atoms with Crippen LogP contribution in [0.15, 0.2) is 65.1 Å². The molecule has 0 N–H and O–H groups in total. The van der Waals surface area contributed by atoms with Crippen LogP contribution >= 0.6 is 0 Å². The number of benzene rings is 2. The molecular weight excluding hydrogens is 336 g/mol. The molecule has 1 heterocycles. The third-order valence-electron chi connectivity index (χ3n) is 4.14. The molecule has 1 aromatic heterocycles. The molecule has 2 aromatic carbocycles. The summed E-state index contributed by atoms with van der Waals surface area (Å²) in [4.78, 5) is 13.9. The fourth-order valence-electron chi connectivity index (χ4n) is 2.69. The van der Waals surface area contributed by atoms with Crippen molar-refractivity contribution in [3.63, 3.8) is 0 Å². The zero-order valence-electron chi connectivity index (χ0n) is 14.4. The van der Waals surface area contributed by atoms with Crippen LogP contribution in [0, 0.1) is 11.6 Å². The van der Waals surface area contributed by atoms with E-state index in [2.05, 4.69) is 0 Å². The van der Waals surface area contributed by atoms with E-state index in [1.807, 2.05) is 0 Å². The molecule has 0 bridgehead atoms. The number of aryl methyl sites for hydroxylation is 1. The van der Waals surface area contributed by atoms with Gasteiger partial charge < -0.3 is 9.32 Å². The molecule has 26 heavy (non-hydrogen) atoms. The predicted octanol–water partition coefficient (Wildman–Crippen LogP) is 4.82. The molecule has 3 aromatic rings. The van der Waals surface area contributed by atoms with Crippen LogP contribution in [0.4, 0.5) is 8.78 Å². The van der Waals surface area contributed by atoms with E-state index in [9.17, 15) is 13.6 Å². The van der Waals surface area contributed by atoms with Gasteiger partial charge in [0.2, 0.25) is 5.91 Å². The number of carbonyl (C=O) groups is 1. The molecule has 0 saturated heterocycles. The number of hydrogen-bond acceptors (Lipinski definition) is 2. The summed E-state index contributed by atoms with van der Waals surface area (Å²) in [6.45, 7) is 0.414. The van der Waals surface area contributed by atoms with Crippen LogP contribution in [0.3, 0.4) is 0 Å². The lowest BCUT2D eigenvalue weighted by atomic mass is 10.1. The van der Waals surface area contributed by atoms with Gasteiger partial charge in [-0.2, -0.15) is 0 Å². The highest BCUT2D eigenvalue weighted by atomic mass is 19.1. The van der Waals surface area contributed by atoms with E-state index < -0.39 is 0 Å². The molecule has 3 rings (SSSR count). The quantitative estimate of drug-likeness (QED) is 0.635. The SMILES string of the molecule is CN(Cc1ccc(F)cc1)C(=O)CCc1ccc(-c2ccccc2F)o1. The Bertz CT molecular complexity index is 887. The van der Waals surface area contributed by atoms with Crippen molar-refractivity contribution in [1.29, 1.82) is 0 Å². The van der Waals surface area contributed by atoms with Gasteiger partial charge in [0.15, 0.2) is 0 Å². The van der Waals surface area contributed by atoms with Gasteiger partial charge in [-0.25, -0.2) is 8.78 Å². The maximum atomic E-state index is 13.8. The molecule has 3 nitrogen and oxygen atoms in total. The van der Waals surface area contributed by atoms with Crippen molar-refractivity contribution in [1.82, 2.24) is 4.90 Å². The Morgan fingerprint density at radius 3 is 2.46 bits per heavy atom. The monoisotopic (exact) mass is 355 g/mol. The zero-order chi connectivity index (χ0) is 18.5. The van der Waals surface area contributed by atoms with E-state index >= 15 is 0 Å². The fraction of sp³-hybridized carbons (Fsp3) is 0.190. The van der Waals surface area contributed by atoms with Crippen LogP contribution in [-0.2, 0) is 17.8 Å². The molecule has 0 fully saturated rings. The molecule has 134 valence electrons. The Hall–Kier alpha value is -2.95.